The summed E-state index contributed by atoms with van der Waals surface area (Å²) in [5.74, 6) is 0.873. The number of carbonyl (C=O) groups is 1. The van der Waals surface area contributed by atoms with Crippen LogP contribution >= 0.6 is 0 Å². The molecular weight excluding hydrogens is 404 g/mol. The van der Waals surface area contributed by atoms with Gasteiger partial charge in [-0.25, -0.2) is 8.42 Å². The molecule has 1 saturated heterocycles. The quantitative estimate of drug-likeness (QED) is 0.801. The molecule has 30 heavy (non-hydrogen) atoms. The van der Waals surface area contributed by atoms with Crippen molar-refractivity contribution in [2.45, 2.75) is 37.5 Å². The first-order valence-electron chi connectivity index (χ1n) is 10.3. The second-order valence-electron chi connectivity index (χ2n) is 7.61. The fraction of sp³-hybridized carbons (Fsp3) is 0.409. The van der Waals surface area contributed by atoms with Gasteiger partial charge in [-0.05, 0) is 49.6 Å². The minimum absolute atomic E-state index is 0.152. The molecule has 0 bridgehead atoms. The number of fused-ring (bicyclic) bond motifs is 1. The Hall–Kier alpha value is -2.58. The zero-order chi connectivity index (χ0) is 21.1. The molecule has 4 rings (SSSR count). The Bertz CT molecular complexity index is 1050. The van der Waals surface area contributed by atoms with Crippen molar-refractivity contribution >= 4 is 21.6 Å². The molecule has 0 unspecified atom stereocenters. The number of amides is 1. The zero-order valence-electron chi connectivity index (χ0n) is 17.0. The lowest BCUT2D eigenvalue weighted by Gasteiger charge is -2.26. The van der Waals surface area contributed by atoms with E-state index in [2.05, 4.69) is 5.32 Å². The predicted molar refractivity (Wildman–Crippen MR) is 114 cm³/mol. The molecule has 0 saturated carbocycles. The summed E-state index contributed by atoms with van der Waals surface area (Å²) >= 11 is 0. The predicted octanol–water partition coefficient (Wildman–Crippen LogP) is 3.58. The fourth-order valence-electron chi connectivity index (χ4n) is 3.70. The van der Waals surface area contributed by atoms with E-state index in [9.17, 15) is 13.2 Å². The Morgan fingerprint density at radius 1 is 0.933 bits per heavy atom. The van der Waals surface area contributed by atoms with E-state index >= 15 is 0 Å². The van der Waals surface area contributed by atoms with Gasteiger partial charge in [-0.2, -0.15) is 4.31 Å². The van der Waals surface area contributed by atoms with Crippen LogP contribution in [-0.4, -0.2) is 44.9 Å². The van der Waals surface area contributed by atoms with Crippen molar-refractivity contribution in [1.29, 1.82) is 0 Å². The molecule has 7 nitrogen and oxygen atoms in total. The lowest BCUT2D eigenvalue weighted by molar-refractivity contribution is 0.102. The van der Waals surface area contributed by atoms with Crippen molar-refractivity contribution in [3.63, 3.8) is 0 Å². The molecule has 8 heteroatoms. The Labute approximate surface area is 177 Å². The third kappa shape index (κ3) is 4.29. The average molecular weight is 431 g/mol. The molecule has 2 aliphatic rings. The van der Waals surface area contributed by atoms with Gasteiger partial charge >= 0.3 is 0 Å². The van der Waals surface area contributed by atoms with Crippen LogP contribution in [-0.2, 0) is 10.0 Å². The topological polar surface area (TPSA) is 84.9 Å². The highest BCUT2D eigenvalue weighted by Gasteiger charge is 2.27. The van der Waals surface area contributed by atoms with E-state index in [-0.39, 0.29) is 10.8 Å². The summed E-state index contributed by atoms with van der Waals surface area (Å²) in [6.07, 6.45) is 3.57. The van der Waals surface area contributed by atoms with Gasteiger partial charge in [0.05, 0.1) is 18.1 Å². The van der Waals surface area contributed by atoms with Crippen LogP contribution in [0.15, 0.2) is 41.3 Å². The van der Waals surface area contributed by atoms with E-state index in [1.165, 1.54) is 10.4 Å². The van der Waals surface area contributed by atoms with Crippen LogP contribution in [0.2, 0.25) is 0 Å². The number of rotatable bonds is 4. The minimum atomic E-state index is -3.61. The first-order chi connectivity index (χ1) is 14.4. The Morgan fingerprint density at radius 2 is 1.67 bits per heavy atom. The molecule has 1 fully saturated rings. The summed E-state index contributed by atoms with van der Waals surface area (Å²) in [6.45, 7) is 3.99. The molecule has 0 atom stereocenters. The molecule has 0 spiro atoms. The number of anilines is 1. The van der Waals surface area contributed by atoms with Crippen molar-refractivity contribution < 1.29 is 22.7 Å². The van der Waals surface area contributed by atoms with Crippen LogP contribution in [0.1, 0.15) is 41.6 Å². The van der Waals surface area contributed by atoms with Crippen LogP contribution in [0.3, 0.4) is 0 Å². The summed E-state index contributed by atoms with van der Waals surface area (Å²) in [4.78, 5) is 13.1. The van der Waals surface area contributed by atoms with Crippen molar-refractivity contribution in [2.24, 2.45) is 0 Å². The molecule has 2 heterocycles. The SMILES string of the molecule is Cc1ccc(S(=O)(=O)N2CCCCC2)cc1C(=O)Nc1ccc2c(c1)OCCCO2. The van der Waals surface area contributed by atoms with E-state index in [0.717, 1.165) is 25.7 Å². The largest absolute Gasteiger partial charge is 0.490 e. The smallest absolute Gasteiger partial charge is 0.255 e. The monoisotopic (exact) mass is 430 g/mol. The molecule has 0 radical (unpaired) electrons. The van der Waals surface area contributed by atoms with Crippen molar-refractivity contribution in [1.82, 2.24) is 4.31 Å². The normalized spacial score (nSPS) is 17.2. The van der Waals surface area contributed by atoms with E-state index in [1.54, 1.807) is 37.3 Å². The first kappa shape index (κ1) is 20.7. The van der Waals surface area contributed by atoms with Gasteiger partial charge in [0.15, 0.2) is 11.5 Å². The van der Waals surface area contributed by atoms with Crippen LogP contribution in [0, 0.1) is 6.92 Å². The Morgan fingerprint density at radius 3 is 2.43 bits per heavy atom. The number of sulfonamides is 1. The zero-order valence-corrected chi connectivity index (χ0v) is 17.8. The molecular formula is C22H26N2O5S. The highest BCUT2D eigenvalue weighted by molar-refractivity contribution is 7.89. The van der Waals surface area contributed by atoms with Crippen LogP contribution < -0.4 is 14.8 Å². The number of aryl methyl sites for hydroxylation is 1. The molecule has 1 amide bonds. The van der Waals surface area contributed by atoms with Gasteiger partial charge in [-0.15, -0.1) is 0 Å². The lowest BCUT2D eigenvalue weighted by Crippen LogP contribution is -2.35. The van der Waals surface area contributed by atoms with Crippen LogP contribution in [0.5, 0.6) is 11.5 Å². The first-order valence-corrected chi connectivity index (χ1v) is 11.7. The Kier molecular flexibility index (Phi) is 5.97. The number of hydrogen-bond donors (Lipinski definition) is 1. The maximum atomic E-state index is 13.0. The number of carbonyl (C=O) groups excluding carboxylic acids is 1. The number of benzene rings is 2. The van der Waals surface area contributed by atoms with Gasteiger partial charge in [0, 0.05) is 36.8 Å². The summed E-state index contributed by atoms with van der Waals surface area (Å²) < 4.78 is 38.8. The van der Waals surface area contributed by atoms with Gasteiger partial charge < -0.3 is 14.8 Å². The van der Waals surface area contributed by atoms with E-state index < -0.39 is 10.0 Å². The maximum Gasteiger partial charge on any atom is 0.255 e. The van der Waals surface area contributed by atoms with Crippen LogP contribution in [0.25, 0.3) is 0 Å². The van der Waals surface area contributed by atoms with Crippen molar-refractivity contribution in [3.8, 4) is 11.5 Å². The van der Waals surface area contributed by atoms with Gasteiger partial charge in [-0.3, -0.25) is 4.79 Å². The molecule has 2 aromatic carbocycles. The minimum Gasteiger partial charge on any atom is -0.490 e. The third-order valence-electron chi connectivity index (χ3n) is 5.41. The summed E-state index contributed by atoms with van der Waals surface area (Å²) in [5, 5.41) is 2.84. The number of nitrogens with zero attached hydrogens (tertiary/aromatic N) is 1. The van der Waals surface area contributed by atoms with E-state index in [4.69, 9.17) is 9.47 Å². The number of hydrogen-bond acceptors (Lipinski definition) is 5. The molecule has 0 aromatic heterocycles. The van der Waals surface area contributed by atoms with Gasteiger partial charge in [0.25, 0.3) is 5.91 Å². The number of ether oxygens (including phenoxy) is 2. The van der Waals surface area contributed by atoms with Crippen molar-refractivity contribution in [2.75, 3.05) is 31.6 Å². The summed E-state index contributed by atoms with van der Waals surface area (Å²) in [5.41, 5.74) is 1.60. The van der Waals surface area contributed by atoms with Gasteiger partial charge in [0.2, 0.25) is 10.0 Å². The van der Waals surface area contributed by atoms with Gasteiger partial charge in [0.1, 0.15) is 0 Å². The fourth-order valence-corrected chi connectivity index (χ4v) is 5.24. The maximum absolute atomic E-state index is 13.0. The Balaban J connectivity index is 1.57. The van der Waals surface area contributed by atoms with Gasteiger partial charge in [-0.1, -0.05) is 12.5 Å². The highest BCUT2D eigenvalue weighted by Crippen LogP contribution is 2.32. The number of nitrogens with one attached hydrogen (secondary N) is 1. The number of piperidine rings is 1. The second kappa shape index (κ2) is 8.65. The van der Waals surface area contributed by atoms with Crippen molar-refractivity contribution in [3.05, 3.63) is 47.5 Å². The van der Waals surface area contributed by atoms with E-state index in [1.807, 2.05) is 0 Å². The highest BCUT2D eigenvalue weighted by atomic mass is 32.2. The lowest BCUT2D eigenvalue weighted by atomic mass is 10.1. The molecule has 2 aromatic rings. The molecule has 160 valence electrons. The second-order valence-corrected chi connectivity index (χ2v) is 9.55. The molecule has 2 aliphatic heterocycles. The summed E-state index contributed by atoms with van der Waals surface area (Å²) in [6, 6.07) is 9.96. The third-order valence-corrected chi connectivity index (χ3v) is 7.31. The van der Waals surface area contributed by atoms with E-state index in [0.29, 0.717) is 54.6 Å². The standard InChI is InChI=1S/C22H26N2O5S/c1-16-6-8-18(30(26,27)24-10-3-2-4-11-24)15-19(16)22(25)23-17-7-9-20-21(14-17)29-13-5-12-28-20/h6-9,14-15H,2-5,10-13H2,1H3,(H,23,25). The summed E-state index contributed by atoms with van der Waals surface area (Å²) in [7, 11) is -3.61. The van der Waals surface area contributed by atoms with Crippen LogP contribution in [0.4, 0.5) is 5.69 Å². The molecule has 0 aliphatic carbocycles. The molecule has 1 N–H and O–H groups in total. The average Bonchev–Trinajstić information content (AvgIpc) is 2.99.